The topological polar surface area (TPSA) is 37.6 Å². The first-order valence-corrected chi connectivity index (χ1v) is 9.61. The van der Waals surface area contributed by atoms with Crippen molar-refractivity contribution in [2.45, 2.75) is 6.67 Å². The fourth-order valence-electron chi connectivity index (χ4n) is 2.64. The Labute approximate surface area is 161 Å². The van der Waals surface area contributed by atoms with E-state index in [1.807, 2.05) is 54.6 Å². The predicted molar refractivity (Wildman–Crippen MR) is 106 cm³/mol. The van der Waals surface area contributed by atoms with Crippen molar-refractivity contribution in [1.29, 1.82) is 0 Å². The summed E-state index contributed by atoms with van der Waals surface area (Å²) < 4.78 is 3.43. The van der Waals surface area contributed by atoms with Crippen molar-refractivity contribution in [1.82, 2.24) is 4.57 Å². The quantitative estimate of drug-likeness (QED) is 0.621. The molecule has 0 spiro atoms. The maximum Gasteiger partial charge on any atom is 0.271 e. The molecule has 0 saturated heterocycles. The number of rotatable bonds is 2. The van der Waals surface area contributed by atoms with Crippen molar-refractivity contribution in [3.63, 3.8) is 0 Å². The molecule has 0 aliphatic carbocycles. The van der Waals surface area contributed by atoms with Crippen LogP contribution in [0.1, 0.15) is 5.56 Å². The Hall–Kier alpha value is -1.89. The molecule has 0 fully saturated rings. The Morgan fingerprint density at radius 1 is 1.12 bits per heavy atom. The van der Waals surface area contributed by atoms with Crippen LogP contribution in [-0.2, 0) is 6.67 Å². The van der Waals surface area contributed by atoms with E-state index in [1.54, 1.807) is 4.57 Å². The van der Waals surface area contributed by atoms with E-state index in [1.165, 1.54) is 11.3 Å². The number of hydrogen-bond acceptors (Lipinski definition) is 4. The molecule has 0 amide bonds. The lowest BCUT2D eigenvalue weighted by atomic mass is 10.2. The Kier molecular flexibility index (Phi) is 4.50. The van der Waals surface area contributed by atoms with E-state index in [2.05, 4.69) is 25.8 Å². The molecule has 25 heavy (non-hydrogen) atoms. The van der Waals surface area contributed by atoms with Gasteiger partial charge in [0.2, 0.25) is 0 Å². The summed E-state index contributed by atoms with van der Waals surface area (Å²) in [5, 5.41) is 0.680. The van der Waals surface area contributed by atoms with Crippen molar-refractivity contribution in [2.75, 3.05) is 11.6 Å². The van der Waals surface area contributed by atoms with Crippen LogP contribution in [0.2, 0.25) is 5.02 Å². The number of nitrogens with zero attached hydrogens (tertiary/aromatic N) is 3. The lowest BCUT2D eigenvalue weighted by Crippen LogP contribution is -2.42. The second-order valence-electron chi connectivity index (χ2n) is 5.64. The highest BCUT2D eigenvalue weighted by atomic mass is 79.9. The van der Waals surface area contributed by atoms with Crippen LogP contribution >= 0.6 is 38.9 Å². The number of anilines is 1. The molecule has 2 aromatic carbocycles. The molecule has 1 aliphatic heterocycles. The van der Waals surface area contributed by atoms with Crippen molar-refractivity contribution >= 4 is 50.6 Å². The normalized spacial score (nSPS) is 14.3. The summed E-state index contributed by atoms with van der Waals surface area (Å²) in [6, 6.07) is 15.4. The average molecular weight is 435 g/mol. The number of hydrogen-bond donors (Lipinski definition) is 0. The summed E-state index contributed by atoms with van der Waals surface area (Å²) >= 11 is 10.8. The van der Waals surface area contributed by atoms with Crippen LogP contribution in [0.4, 0.5) is 5.69 Å². The van der Waals surface area contributed by atoms with Crippen LogP contribution in [0.15, 0.2) is 62.8 Å². The molecule has 0 unspecified atom stereocenters. The fraction of sp³-hybridized carbons (Fsp3) is 0.111. The average Bonchev–Trinajstić information content (AvgIpc) is 2.93. The number of halogens is 2. The number of fused-ring (bicyclic) bond motifs is 1. The first-order valence-electron chi connectivity index (χ1n) is 7.62. The summed E-state index contributed by atoms with van der Waals surface area (Å²) in [6.07, 6.45) is 1.88. The second kappa shape index (κ2) is 6.78. The predicted octanol–water partition coefficient (Wildman–Crippen LogP) is 3.21. The summed E-state index contributed by atoms with van der Waals surface area (Å²) in [6.45, 7) is 1.05. The standard InChI is InChI=1S/C18H13BrClN3OS/c19-13-3-7-15(8-4-13)22-10-21-18-23(11-22)17(24)16(25-18)9-12-1-5-14(20)6-2-12/h1-9H,10-11H2. The molecule has 126 valence electrons. The van der Waals surface area contributed by atoms with Crippen LogP contribution in [0.5, 0.6) is 0 Å². The Balaban J connectivity index is 1.70. The minimum Gasteiger partial charge on any atom is -0.334 e. The van der Waals surface area contributed by atoms with Crippen molar-refractivity contribution in [3.8, 4) is 0 Å². The van der Waals surface area contributed by atoms with Gasteiger partial charge >= 0.3 is 0 Å². The molecule has 0 radical (unpaired) electrons. The third-order valence-corrected chi connectivity index (χ3v) is 5.76. The van der Waals surface area contributed by atoms with Crippen molar-refractivity contribution in [3.05, 3.63) is 83.3 Å². The molecule has 3 aromatic rings. The van der Waals surface area contributed by atoms with E-state index in [-0.39, 0.29) is 5.56 Å². The number of benzene rings is 2. The van der Waals surface area contributed by atoms with Gasteiger partial charge in [0.15, 0.2) is 4.80 Å². The summed E-state index contributed by atoms with van der Waals surface area (Å²) in [5.74, 6) is 0. The molecule has 0 atom stereocenters. The Morgan fingerprint density at radius 2 is 1.84 bits per heavy atom. The van der Waals surface area contributed by atoms with Crippen LogP contribution in [0, 0.1) is 0 Å². The van der Waals surface area contributed by atoms with E-state index in [9.17, 15) is 4.79 Å². The molecule has 4 nitrogen and oxygen atoms in total. The van der Waals surface area contributed by atoms with Gasteiger partial charge in [-0.3, -0.25) is 9.36 Å². The second-order valence-corrected chi connectivity index (χ2v) is 8.00. The molecule has 4 rings (SSSR count). The first kappa shape index (κ1) is 16.6. The largest absolute Gasteiger partial charge is 0.334 e. The van der Waals surface area contributed by atoms with E-state index >= 15 is 0 Å². The van der Waals surface area contributed by atoms with Crippen LogP contribution < -0.4 is 19.8 Å². The Morgan fingerprint density at radius 3 is 2.56 bits per heavy atom. The monoisotopic (exact) mass is 433 g/mol. The molecule has 1 aromatic heterocycles. The van der Waals surface area contributed by atoms with Gasteiger partial charge in [-0.25, -0.2) is 4.99 Å². The van der Waals surface area contributed by atoms with E-state index in [0.717, 1.165) is 20.5 Å². The van der Waals surface area contributed by atoms with Gasteiger partial charge in [-0.1, -0.05) is 51.0 Å². The van der Waals surface area contributed by atoms with E-state index < -0.39 is 0 Å². The van der Waals surface area contributed by atoms with Gasteiger partial charge in [-0.2, -0.15) is 0 Å². The number of aromatic nitrogens is 1. The highest BCUT2D eigenvalue weighted by Gasteiger charge is 2.15. The fourth-order valence-corrected chi connectivity index (χ4v) is 3.99. The van der Waals surface area contributed by atoms with E-state index in [0.29, 0.717) is 22.9 Å². The molecule has 0 bridgehead atoms. The summed E-state index contributed by atoms with van der Waals surface area (Å²) in [4.78, 5) is 20.1. The summed E-state index contributed by atoms with van der Waals surface area (Å²) in [7, 11) is 0. The van der Waals surface area contributed by atoms with Crippen LogP contribution in [-0.4, -0.2) is 11.2 Å². The molecule has 0 N–H and O–H groups in total. The van der Waals surface area contributed by atoms with Gasteiger partial charge in [-0.15, -0.1) is 0 Å². The van der Waals surface area contributed by atoms with Crippen molar-refractivity contribution < 1.29 is 0 Å². The van der Waals surface area contributed by atoms with Gasteiger partial charge in [0, 0.05) is 15.2 Å². The van der Waals surface area contributed by atoms with Gasteiger partial charge < -0.3 is 4.90 Å². The highest BCUT2D eigenvalue weighted by molar-refractivity contribution is 9.10. The van der Waals surface area contributed by atoms with Gasteiger partial charge in [-0.05, 0) is 48.0 Å². The van der Waals surface area contributed by atoms with Crippen LogP contribution in [0.25, 0.3) is 6.08 Å². The summed E-state index contributed by atoms with van der Waals surface area (Å²) in [5.41, 5.74) is 1.98. The van der Waals surface area contributed by atoms with Crippen LogP contribution in [0.3, 0.4) is 0 Å². The maximum atomic E-state index is 12.7. The molecule has 7 heteroatoms. The Bertz CT molecular complexity index is 1090. The third-order valence-electron chi connectivity index (χ3n) is 3.94. The molecule has 0 saturated carbocycles. The van der Waals surface area contributed by atoms with Gasteiger partial charge in [0.05, 0.1) is 4.53 Å². The minimum atomic E-state index is -0.0134. The molecule has 2 heterocycles. The lowest BCUT2D eigenvalue weighted by Gasteiger charge is -2.25. The zero-order valence-electron chi connectivity index (χ0n) is 13.0. The highest BCUT2D eigenvalue weighted by Crippen LogP contribution is 2.19. The minimum absolute atomic E-state index is 0.0134. The van der Waals surface area contributed by atoms with Gasteiger partial charge in [0.1, 0.15) is 13.3 Å². The maximum absolute atomic E-state index is 12.7. The zero-order chi connectivity index (χ0) is 17.4. The van der Waals surface area contributed by atoms with Crippen molar-refractivity contribution in [2.24, 2.45) is 4.99 Å². The first-order chi connectivity index (χ1) is 12.1. The van der Waals surface area contributed by atoms with Gasteiger partial charge in [0.25, 0.3) is 5.56 Å². The smallest absolute Gasteiger partial charge is 0.271 e. The zero-order valence-corrected chi connectivity index (χ0v) is 16.2. The third kappa shape index (κ3) is 3.42. The molecule has 1 aliphatic rings. The lowest BCUT2D eigenvalue weighted by molar-refractivity contribution is 0.569. The SMILES string of the molecule is O=c1c(=Cc2ccc(Cl)cc2)sc2n1CN(c1ccc(Br)cc1)CN=2. The molecular weight excluding hydrogens is 422 g/mol. The number of thiazole rings is 1. The van der Waals surface area contributed by atoms with E-state index in [4.69, 9.17) is 11.6 Å². The molecular formula is C18H13BrClN3OS.